The second-order valence-electron chi connectivity index (χ2n) is 7.27. The number of amides is 3. The van der Waals surface area contributed by atoms with Gasteiger partial charge in [0.25, 0.3) is 0 Å². The summed E-state index contributed by atoms with van der Waals surface area (Å²) < 4.78 is 0. The monoisotopic (exact) mass is 402 g/mol. The van der Waals surface area contributed by atoms with Crippen LogP contribution < -0.4 is 16.4 Å². The fraction of sp³-hybridized carbons (Fsp3) is 0.765. The van der Waals surface area contributed by atoms with Crippen molar-refractivity contribution in [3.8, 4) is 0 Å². The highest BCUT2D eigenvalue weighted by Crippen LogP contribution is 2.20. The maximum absolute atomic E-state index is 12.9. The van der Waals surface area contributed by atoms with Crippen LogP contribution in [0.15, 0.2) is 0 Å². The largest absolute Gasteiger partial charge is 0.480 e. The van der Waals surface area contributed by atoms with Crippen LogP contribution >= 0.6 is 0 Å². The van der Waals surface area contributed by atoms with Gasteiger partial charge in [-0.25, -0.2) is 4.79 Å². The number of aliphatic hydroxyl groups excluding tert-OH is 2. The summed E-state index contributed by atoms with van der Waals surface area (Å²) in [5.41, 5.74) is 5.42. The second kappa shape index (κ2) is 10.3. The molecule has 11 nitrogen and oxygen atoms in total. The van der Waals surface area contributed by atoms with Crippen molar-refractivity contribution in [2.24, 2.45) is 11.7 Å². The summed E-state index contributed by atoms with van der Waals surface area (Å²) >= 11 is 0. The molecule has 0 aromatic carbocycles. The summed E-state index contributed by atoms with van der Waals surface area (Å²) in [7, 11) is 0. The van der Waals surface area contributed by atoms with E-state index < -0.39 is 60.6 Å². The van der Waals surface area contributed by atoms with Gasteiger partial charge in [0, 0.05) is 6.54 Å². The van der Waals surface area contributed by atoms with Crippen LogP contribution in [0.1, 0.15) is 33.6 Å². The van der Waals surface area contributed by atoms with E-state index in [2.05, 4.69) is 10.6 Å². The number of nitrogens with zero attached hydrogens (tertiary/aromatic N) is 1. The maximum Gasteiger partial charge on any atom is 0.326 e. The van der Waals surface area contributed by atoms with E-state index in [0.29, 0.717) is 12.8 Å². The van der Waals surface area contributed by atoms with Crippen molar-refractivity contribution >= 4 is 23.7 Å². The molecule has 0 bridgehead atoms. The Morgan fingerprint density at radius 2 is 1.75 bits per heavy atom. The Bertz CT molecular complexity index is 596. The third-order valence-corrected chi connectivity index (χ3v) is 4.65. The molecule has 1 saturated heterocycles. The Balaban J connectivity index is 2.93. The van der Waals surface area contributed by atoms with Crippen LogP contribution in [0.25, 0.3) is 0 Å². The molecular formula is C17H30N4O7. The van der Waals surface area contributed by atoms with Gasteiger partial charge in [0.05, 0.1) is 12.7 Å². The standard InChI is InChI=1S/C17H30N4O7/c1-8(2)12(17(27)28)19-15(25)11-5-4-6-21(11)16(26)13(9(3)23)20-14(24)10(18)7-22/h8-13,22-23H,4-7,18H2,1-3H3,(H,19,25)(H,20,24)(H,27,28). The molecule has 0 aromatic rings. The van der Waals surface area contributed by atoms with Gasteiger partial charge >= 0.3 is 5.97 Å². The average Bonchev–Trinajstić information content (AvgIpc) is 3.11. The number of carbonyl (C=O) groups is 4. The lowest BCUT2D eigenvalue weighted by atomic mass is 10.0. The Labute approximate surface area is 163 Å². The van der Waals surface area contributed by atoms with Crippen molar-refractivity contribution in [2.45, 2.75) is 63.9 Å². The fourth-order valence-electron chi connectivity index (χ4n) is 2.98. The molecule has 5 atom stereocenters. The van der Waals surface area contributed by atoms with Crippen molar-refractivity contribution in [3.63, 3.8) is 0 Å². The van der Waals surface area contributed by atoms with Gasteiger partial charge in [-0.05, 0) is 25.7 Å². The number of rotatable bonds is 9. The summed E-state index contributed by atoms with van der Waals surface area (Å²) in [5, 5.41) is 32.8. The van der Waals surface area contributed by atoms with Gasteiger partial charge in [0.1, 0.15) is 24.2 Å². The summed E-state index contributed by atoms with van der Waals surface area (Å²) in [6, 6.07) is -4.61. The summed E-state index contributed by atoms with van der Waals surface area (Å²) in [6.45, 7) is 4.20. The van der Waals surface area contributed by atoms with Crippen molar-refractivity contribution in [1.29, 1.82) is 0 Å². The first-order chi connectivity index (χ1) is 13.0. The SMILES string of the molecule is CC(C)C(NC(=O)C1CCCN1C(=O)C(NC(=O)C(N)CO)C(C)O)C(=O)O. The zero-order valence-electron chi connectivity index (χ0n) is 16.3. The smallest absolute Gasteiger partial charge is 0.326 e. The first-order valence-electron chi connectivity index (χ1n) is 9.19. The molecule has 1 aliphatic rings. The van der Waals surface area contributed by atoms with E-state index in [-0.39, 0.29) is 12.5 Å². The molecule has 11 heteroatoms. The molecule has 3 amide bonds. The number of nitrogens with one attached hydrogen (secondary N) is 2. The van der Waals surface area contributed by atoms with Crippen LogP contribution in [0.2, 0.25) is 0 Å². The van der Waals surface area contributed by atoms with E-state index in [1.165, 1.54) is 11.8 Å². The molecule has 0 radical (unpaired) electrons. The number of carbonyl (C=O) groups excluding carboxylic acids is 3. The van der Waals surface area contributed by atoms with Crippen LogP contribution in [-0.2, 0) is 19.2 Å². The molecular weight excluding hydrogens is 372 g/mol. The number of aliphatic hydroxyl groups is 2. The first kappa shape index (κ1) is 23.8. The van der Waals surface area contributed by atoms with E-state index in [4.69, 9.17) is 10.8 Å². The highest BCUT2D eigenvalue weighted by molar-refractivity contribution is 5.94. The zero-order chi connectivity index (χ0) is 21.6. The van der Waals surface area contributed by atoms with E-state index in [9.17, 15) is 29.4 Å². The third-order valence-electron chi connectivity index (χ3n) is 4.65. The van der Waals surface area contributed by atoms with Gasteiger partial charge in [0.15, 0.2) is 0 Å². The minimum atomic E-state index is -1.35. The molecule has 1 fully saturated rings. The van der Waals surface area contributed by atoms with E-state index in [0.717, 1.165) is 0 Å². The molecule has 0 spiro atoms. The van der Waals surface area contributed by atoms with Crippen LogP contribution in [0.5, 0.6) is 0 Å². The van der Waals surface area contributed by atoms with Crippen molar-refractivity contribution in [2.75, 3.05) is 13.2 Å². The van der Waals surface area contributed by atoms with E-state index in [1.807, 2.05) is 0 Å². The van der Waals surface area contributed by atoms with Crippen molar-refractivity contribution < 1.29 is 34.5 Å². The third kappa shape index (κ3) is 5.88. The Morgan fingerprint density at radius 1 is 1.14 bits per heavy atom. The minimum Gasteiger partial charge on any atom is -0.480 e. The predicted molar refractivity (Wildman–Crippen MR) is 97.8 cm³/mol. The van der Waals surface area contributed by atoms with Crippen molar-refractivity contribution in [1.82, 2.24) is 15.5 Å². The van der Waals surface area contributed by atoms with Crippen LogP contribution in [0.4, 0.5) is 0 Å². The van der Waals surface area contributed by atoms with Gasteiger partial charge in [-0.1, -0.05) is 13.8 Å². The van der Waals surface area contributed by atoms with E-state index in [1.54, 1.807) is 13.8 Å². The van der Waals surface area contributed by atoms with Gasteiger partial charge in [0.2, 0.25) is 17.7 Å². The molecule has 0 saturated carbocycles. The molecule has 1 rings (SSSR count). The molecule has 28 heavy (non-hydrogen) atoms. The lowest BCUT2D eigenvalue weighted by molar-refractivity contribution is -0.146. The number of nitrogens with two attached hydrogens (primary N) is 1. The zero-order valence-corrected chi connectivity index (χ0v) is 16.3. The fourth-order valence-corrected chi connectivity index (χ4v) is 2.98. The number of hydrogen-bond donors (Lipinski definition) is 6. The first-order valence-corrected chi connectivity index (χ1v) is 9.19. The molecule has 1 aliphatic heterocycles. The van der Waals surface area contributed by atoms with E-state index >= 15 is 0 Å². The van der Waals surface area contributed by atoms with Crippen LogP contribution in [0, 0.1) is 5.92 Å². The Morgan fingerprint density at radius 3 is 2.21 bits per heavy atom. The highest BCUT2D eigenvalue weighted by Gasteiger charge is 2.40. The predicted octanol–water partition coefficient (Wildman–Crippen LogP) is -2.61. The number of likely N-dealkylation sites (tertiary alicyclic amines) is 1. The number of carboxylic acid groups (broad SMARTS) is 1. The van der Waals surface area contributed by atoms with Crippen LogP contribution in [-0.4, -0.2) is 87.3 Å². The molecule has 160 valence electrons. The van der Waals surface area contributed by atoms with Crippen molar-refractivity contribution in [3.05, 3.63) is 0 Å². The lowest BCUT2D eigenvalue weighted by Crippen LogP contribution is -2.60. The number of aliphatic carboxylic acids is 1. The Kier molecular flexibility index (Phi) is 8.79. The molecule has 5 unspecified atom stereocenters. The second-order valence-corrected chi connectivity index (χ2v) is 7.27. The molecule has 0 aliphatic carbocycles. The lowest BCUT2D eigenvalue weighted by Gasteiger charge is -2.31. The van der Waals surface area contributed by atoms with Crippen LogP contribution in [0.3, 0.4) is 0 Å². The topological polar surface area (TPSA) is 182 Å². The maximum atomic E-state index is 12.9. The minimum absolute atomic E-state index is 0.224. The van der Waals surface area contributed by atoms with Gasteiger partial charge in [-0.15, -0.1) is 0 Å². The van der Waals surface area contributed by atoms with Gasteiger partial charge in [-0.2, -0.15) is 0 Å². The number of carboxylic acids is 1. The summed E-state index contributed by atoms with van der Waals surface area (Å²) in [5.74, 6) is -3.62. The highest BCUT2D eigenvalue weighted by atomic mass is 16.4. The van der Waals surface area contributed by atoms with Gasteiger partial charge in [-0.3, -0.25) is 14.4 Å². The summed E-state index contributed by atoms with van der Waals surface area (Å²) in [6.07, 6.45) is -0.424. The van der Waals surface area contributed by atoms with Gasteiger partial charge < -0.3 is 36.6 Å². The molecule has 7 N–H and O–H groups in total. The Hall–Kier alpha value is -2.24. The normalized spacial score (nSPS) is 21.0. The average molecular weight is 402 g/mol. The molecule has 0 aromatic heterocycles. The summed E-state index contributed by atoms with van der Waals surface area (Å²) in [4.78, 5) is 49.9. The number of hydrogen-bond acceptors (Lipinski definition) is 7. The molecule has 1 heterocycles. The quantitative estimate of drug-likeness (QED) is 0.242.